The zero-order valence-corrected chi connectivity index (χ0v) is 23.0. The summed E-state index contributed by atoms with van der Waals surface area (Å²) in [5.41, 5.74) is -0.126. The molecule has 2 heterocycles. The van der Waals surface area contributed by atoms with Gasteiger partial charge in [-0.25, -0.2) is 4.39 Å². The van der Waals surface area contributed by atoms with Crippen LogP contribution in [0.1, 0.15) is 58.5 Å². The molecule has 0 amide bonds. The van der Waals surface area contributed by atoms with Gasteiger partial charge in [0.2, 0.25) is 0 Å². The first-order chi connectivity index (χ1) is 19.0. The standard InChI is InChI=1S/C33H30FNO5/c1-32(2,3)31(38)28-27(23-17-20(39-4)12-14-25(23)40-5)33(29(36)21-8-6-7-9-22(21)30(33)37)26-15-10-18-16-19(34)11-13-24(18)35(26)28/h6-17,26-28H,1-5H3/t26-,27+,28+/m0/s1. The average molecular weight is 540 g/mol. The van der Waals surface area contributed by atoms with E-state index in [-0.39, 0.29) is 17.3 Å². The predicted octanol–water partition coefficient (Wildman–Crippen LogP) is 5.89. The summed E-state index contributed by atoms with van der Waals surface area (Å²) < 4.78 is 25.7. The molecule has 0 N–H and O–H groups in total. The third kappa shape index (κ3) is 3.36. The fraction of sp³-hybridized carbons (Fsp3) is 0.303. The highest BCUT2D eigenvalue weighted by atomic mass is 19.1. The monoisotopic (exact) mass is 539 g/mol. The fourth-order valence-electron chi connectivity index (χ4n) is 6.82. The van der Waals surface area contributed by atoms with E-state index in [1.54, 1.807) is 60.7 Å². The largest absolute Gasteiger partial charge is 0.497 e. The number of anilines is 1. The van der Waals surface area contributed by atoms with Gasteiger partial charge in [0.15, 0.2) is 17.3 Å². The summed E-state index contributed by atoms with van der Waals surface area (Å²) in [5.74, 6) is -1.22. The van der Waals surface area contributed by atoms with Gasteiger partial charge in [-0.15, -0.1) is 0 Å². The number of hydrogen-bond donors (Lipinski definition) is 0. The number of rotatable bonds is 4. The Balaban J connectivity index is 1.74. The van der Waals surface area contributed by atoms with E-state index in [1.165, 1.54) is 26.4 Å². The second-order valence-electron chi connectivity index (χ2n) is 11.6. The smallest absolute Gasteiger partial charge is 0.180 e. The number of ketones is 3. The molecule has 3 aliphatic rings. The molecule has 1 saturated heterocycles. The van der Waals surface area contributed by atoms with Gasteiger partial charge in [-0.2, -0.15) is 0 Å². The van der Waals surface area contributed by atoms with Gasteiger partial charge in [0, 0.05) is 39.3 Å². The van der Waals surface area contributed by atoms with Gasteiger partial charge < -0.3 is 14.4 Å². The van der Waals surface area contributed by atoms with Crippen LogP contribution in [-0.2, 0) is 4.79 Å². The number of benzene rings is 3. The van der Waals surface area contributed by atoms with Crippen LogP contribution in [-0.4, -0.2) is 43.7 Å². The molecule has 0 unspecified atom stereocenters. The fourth-order valence-corrected chi connectivity index (χ4v) is 6.82. The first-order valence-corrected chi connectivity index (χ1v) is 13.3. The number of ether oxygens (including phenoxy) is 2. The maximum atomic E-state index is 14.7. The predicted molar refractivity (Wildman–Crippen MR) is 150 cm³/mol. The molecule has 3 aromatic carbocycles. The third-order valence-electron chi connectivity index (χ3n) is 8.55. The molecular weight excluding hydrogens is 509 g/mol. The normalized spacial score (nSPS) is 22.2. The Labute approximate surface area is 232 Å². The summed E-state index contributed by atoms with van der Waals surface area (Å²) >= 11 is 0. The molecule has 7 heteroatoms. The molecule has 204 valence electrons. The average Bonchev–Trinajstić information content (AvgIpc) is 3.37. The van der Waals surface area contributed by atoms with Crippen molar-refractivity contribution in [2.24, 2.45) is 10.8 Å². The Kier molecular flexibility index (Phi) is 5.77. The van der Waals surface area contributed by atoms with E-state index in [0.717, 1.165) is 0 Å². The summed E-state index contributed by atoms with van der Waals surface area (Å²) in [5, 5.41) is 0. The van der Waals surface area contributed by atoms with Gasteiger partial charge in [0.05, 0.1) is 26.3 Å². The highest BCUT2D eigenvalue weighted by Gasteiger charge is 2.72. The number of halogens is 1. The third-order valence-corrected chi connectivity index (χ3v) is 8.55. The Hall–Kier alpha value is -4.26. The molecule has 40 heavy (non-hydrogen) atoms. The number of carbonyl (C=O) groups is 3. The Morgan fingerprint density at radius 3 is 2.20 bits per heavy atom. The van der Waals surface area contributed by atoms with Crippen LogP contribution in [0.25, 0.3) is 6.08 Å². The number of carbonyl (C=O) groups excluding carboxylic acids is 3. The molecule has 0 radical (unpaired) electrons. The number of nitrogens with zero attached hydrogens (tertiary/aromatic N) is 1. The van der Waals surface area contributed by atoms with E-state index in [0.29, 0.717) is 39.4 Å². The Morgan fingerprint density at radius 1 is 0.925 bits per heavy atom. The zero-order valence-electron chi connectivity index (χ0n) is 23.0. The molecule has 6 rings (SSSR count). The molecule has 0 aromatic heterocycles. The van der Waals surface area contributed by atoms with Crippen LogP contribution in [0.15, 0.2) is 66.7 Å². The molecule has 1 spiro atoms. The van der Waals surface area contributed by atoms with Crippen molar-refractivity contribution >= 4 is 29.1 Å². The van der Waals surface area contributed by atoms with Crippen LogP contribution >= 0.6 is 0 Å². The molecule has 1 aliphatic carbocycles. The molecule has 1 fully saturated rings. The maximum absolute atomic E-state index is 14.7. The minimum Gasteiger partial charge on any atom is -0.497 e. The Bertz CT molecular complexity index is 1580. The number of fused-ring (bicyclic) bond motifs is 5. The van der Waals surface area contributed by atoms with E-state index >= 15 is 0 Å². The van der Waals surface area contributed by atoms with Crippen LogP contribution in [0.3, 0.4) is 0 Å². The number of Topliss-reactive ketones (excluding diaryl/α,β-unsaturated/α-hetero) is 3. The van der Waals surface area contributed by atoms with Crippen molar-refractivity contribution in [3.8, 4) is 11.5 Å². The van der Waals surface area contributed by atoms with Crippen molar-refractivity contribution in [1.82, 2.24) is 0 Å². The van der Waals surface area contributed by atoms with Gasteiger partial charge in [-0.3, -0.25) is 14.4 Å². The SMILES string of the molecule is COc1ccc(OC)c([C@@H]2[C@H](C(=O)C(C)(C)C)N3c4ccc(F)cc4C=C[C@H]3C23C(=O)c2ccccc2C3=O)c1. The zero-order chi connectivity index (χ0) is 28.6. The van der Waals surface area contributed by atoms with Crippen molar-refractivity contribution in [2.45, 2.75) is 38.8 Å². The number of hydrogen-bond acceptors (Lipinski definition) is 6. The highest BCUT2D eigenvalue weighted by molar-refractivity contribution is 6.32. The molecule has 3 aromatic rings. The first kappa shape index (κ1) is 26.0. The van der Waals surface area contributed by atoms with Crippen molar-refractivity contribution in [2.75, 3.05) is 19.1 Å². The lowest BCUT2D eigenvalue weighted by Gasteiger charge is -2.38. The van der Waals surface area contributed by atoms with E-state index in [1.807, 2.05) is 25.7 Å². The van der Waals surface area contributed by atoms with Crippen molar-refractivity contribution in [1.29, 1.82) is 0 Å². The van der Waals surface area contributed by atoms with E-state index in [2.05, 4.69) is 0 Å². The molecule has 0 saturated carbocycles. The van der Waals surface area contributed by atoms with Gasteiger partial charge in [0.1, 0.15) is 22.7 Å². The van der Waals surface area contributed by atoms with Gasteiger partial charge in [0.25, 0.3) is 0 Å². The van der Waals surface area contributed by atoms with Gasteiger partial charge in [-0.05, 0) is 36.4 Å². The second kappa shape index (κ2) is 8.88. The van der Waals surface area contributed by atoms with Gasteiger partial charge >= 0.3 is 0 Å². The summed E-state index contributed by atoms with van der Waals surface area (Å²) in [7, 11) is 3.05. The first-order valence-electron chi connectivity index (χ1n) is 13.3. The van der Waals surface area contributed by atoms with E-state index in [9.17, 15) is 18.8 Å². The molecular formula is C33H30FNO5. The van der Waals surface area contributed by atoms with Gasteiger partial charge in [-0.1, -0.05) is 57.2 Å². The second-order valence-corrected chi connectivity index (χ2v) is 11.6. The van der Waals surface area contributed by atoms with Crippen molar-refractivity contribution in [3.05, 3.63) is 94.8 Å². The topological polar surface area (TPSA) is 72.9 Å². The molecule has 6 nitrogen and oxygen atoms in total. The Morgan fingerprint density at radius 2 is 1.60 bits per heavy atom. The quantitative estimate of drug-likeness (QED) is 0.385. The lowest BCUT2D eigenvalue weighted by Crippen LogP contribution is -2.49. The minimum absolute atomic E-state index is 0.147. The summed E-state index contributed by atoms with van der Waals surface area (Å²) in [6, 6.07) is 14.7. The van der Waals surface area contributed by atoms with E-state index in [4.69, 9.17) is 9.47 Å². The molecule has 0 bridgehead atoms. The van der Waals surface area contributed by atoms with Crippen LogP contribution in [0.4, 0.5) is 10.1 Å². The minimum atomic E-state index is -1.67. The van der Waals surface area contributed by atoms with Crippen LogP contribution < -0.4 is 14.4 Å². The van der Waals surface area contributed by atoms with Crippen LogP contribution in [0.2, 0.25) is 0 Å². The summed E-state index contributed by atoms with van der Waals surface area (Å²) in [6.07, 6.45) is 3.52. The number of methoxy groups -OCH3 is 2. The van der Waals surface area contributed by atoms with Crippen molar-refractivity contribution < 1.29 is 28.2 Å². The molecule has 3 atom stereocenters. The molecule has 2 aliphatic heterocycles. The maximum Gasteiger partial charge on any atom is 0.180 e. The summed E-state index contributed by atoms with van der Waals surface area (Å²) in [6.45, 7) is 5.48. The van der Waals surface area contributed by atoms with Crippen molar-refractivity contribution in [3.63, 3.8) is 0 Å². The highest BCUT2D eigenvalue weighted by Crippen LogP contribution is 2.62. The van der Waals surface area contributed by atoms with Crippen LogP contribution in [0.5, 0.6) is 11.5 Å². The van der Waals surface area contributed by atoms with E-state index < -0.39 is 34.6 Å². The lowest BCUT2D eigenvalue weighted by atomic mass is 9.63. The lowest BCUT2D eigenvalue weighted by molar-refractivity contribution is -0.127. The summed E-state index contributed by atoms with van der Waals surface area (Å²) in [4.78, 5) is 45.8. The van der Waals surface area contributed by atoms with Crippen LogP contribution in [0, 0.1) is 16.6 Å².